The van der Waals surface area contributed by atoms with Crippen LogP contribution in [0.3, 0.4) is 0 Å². The van der Waals surface area contributed by atoms with Gasteiger partial charge in [0.1, 0.15) is 0 Å². The first kappa shape index (κ1) is 17.7. The maximum Gasteiger partial charge on any atom is 0.311 e. The second-order valence-corrected chi connectivity index (χ2v) is 6.10. The molecule has 0 bridgehead atoms. The largest absolute Gasteiger partial charge is 0.487 e. The minimum Gasteiger partial charge on any atom is -0.487 e. The molecule has 1 aromatic carbocycles. The van der Waals surface area contributed by atoms with Gasteiger partial charge in [-0.05, 0) is 49.6 Å². The van der Waals surface area contributed by atoms with E-state index in [4.69, 9.17) is 4.74 Å². The Hall–Kier alpha value is -3.15. The number of fused-ring (bicyclic) bond motifs is 1. The van der Waals surface area contributed by atoms with Gasteiger partial charge in [0.25, 0.3) is 0 Å². The normalized spacial score (nSPS) is 10.9. The molecule has 0 amide bonds. The molecule has 0 radical (unpaired) electrons. The lowest BCUT2D eigenvalue weighted by atomic mass is 10.0. The van der Waals surface area contributed by atoms with E-state index in [0.717, 1.165) is 29.4 Å². The molecule has 0 atom stereocenters. The van der Waals surface area contributed by atoms with Crippen LogP contribution in [-0.4, -0.2) is 22.2 Å². The molecule has 0 aliphatic rings. The van der Waals surface area contributed by atoms with Crippen LogP contribution in [0, 0.1) is 17.0 Å². The summed E-state index contributed by atoms with van der Waals surface area (Å²) in [7, 11) is 0. The van der Waals surface area contributed by atoms with Crippen molar-refractivity contribution in [2.45, 2.75) is 27.2 Å². The fraction of sp³-hybridized carbons (Fsp3) is 0.250. The molecule has 0 fully saturated rings. The molecule has 3 aromatic rings. The molecule has 134 valence electrons. The first-order valence-electron chi connectivity index (χ1n) is 8.51. The van der Waals surface area contributed by atoms with Gasteiger partial charge in [0.15, 0.2) is 6.29 Å². The Kier molecular flexibility index (Phi) is 4.75. The Bertz CT molecular complexity index is 1000. The van der Waals surface area contributed by atoms with E-state index in [0.29, 0.717) is 23.4 Å². The van der Waals surface area contributed by atoms with Gasteiger partial charge in [-0.25, -0.2) is 0 Å². The molecule has 0 N–H and O–H groups in total. The van der Waals surface area contributed by atoms with Gasteiger partial charge in [0.05, 0.1) is 17.2 Å². The van der Waals surface area contributed by atoms with Gasteiger partial charge in [0, 0.05) is 28.9 Å². The average Bonchev–Trinajstić information content (AvgIpc) is 3.00. The summed E-state index contributed by atoms with van der Waals surface area (Å²) in [6.07, 6.45) is 3.56. The van der Waals surface area contributed by atoms with Crippen molar-refractivity contribution >= 4 is 17.5 Å². The zero-order valence-corrected chi connectivity index (χ0v) is 15.0. The van der Waals surface area contributed by atoms with Crippen molar-refractivity contribution in [3.05, 3.63) is 63.5 Å². The van der Waals surface area contributed by atoms with E-state index in [-0.39, 0.29) is 11.4 Å². The number of aromatic nitrogens is 1. The van der Waals surface area contributed by atoms with Gasteiger partial charge in [-0.2, -0.15) is 0 Å². The van der Waals surface area contributed by atoms with Crippen molar-refractivity contribution in [1.29, 1.82) is 0 Å². The number of pyridine rings is 1. The molecule has 6 heteroatoms. The van der Waals surface area contributed by atoms with Crippen LogP contribution < -0.4 is 4.74 Å². The van der Waals surface area contributed by atoms with E-state index >= 15 is 0 Å². The minimum atomic E-state index is -0.451. The lowest BCUT2D eigenvalue weighted by molar-refractivity contribution is -0.385. The highest BCUT2D eigenvalue weighted by Gasteiger charge is 2.24. The summed E-state index contributed by atoms with van der Waals surface area (Å²) in [4.78, 5) is 22.9. The summed E-state index contributed by atoms with van der Waals surface area (Å²) < 4.78 is 7.44. The summed E-state index contributed by atoms with van der Waals surface area (Å²) in [5, 5.41) is 11.5. The SMILES string of the molecule is CCOc1c(-c2cc3ccc(CC)cn3c2C=O)cc(C)cc1[N+](=O)[O-]. The molecule has 3 rings (SSSR count). The number of nitrogens with zero attached hydrogens (tertiary/aromatic N) is 2. The van der Waals surface area contributed by atoms with Gasteiger partial charge in [0.2, 0.25) is 5.75 Å². The second-order valence-electron chi connectivity index (χ2n) is 6.10. The average molecular weight is 352 g/mol. The van der Waals surface area contributed by atoms with Crippen molar-refractivity contribution in [3.63, 3.8) is 0 Å². The van der Waals surface area contributed by atoms with Gasteiger partial charge in [-0.15, -0.1) is 0 Å². The molecule has 6 nitrogen and oxygen atoms in total. The number of carbonyl (C=O) groups excluding carboxylic acids is 1. The highest BCUT2D eigenvalue weighted by Crippen LogP contribution is 2.41. The second kappa shape index (κ2) is 7.00. The maximum atomic E-state index is 11.9. The van der Waals surface area contributed by atoms with E-state index in [1.165, 1.54) is 6.07 Å². The fourth-order valence-electron chi connectivity index (χ4n) is 3.16. The number of nitro groups is 1. The molecule has 2 aromatic heterocycles. The van der Waals surface area contributed by atoms with E-state index in [1.807, 2.05) is 41.8 Å². The Labute approximate surface area is 151 Å². The topological polar surface area (TPSA) is 73.8 Å². The molecule has 0 saturated carbocycles. The molecule has 26 heavy (non-hydrogen) atoms. The Balaban J connectivity index is 2.35. The monoisotopic (exact) mass is 352 g/mol. The van der Waals surface area contributed by atoms with Crippen LogP contribution in [0.25, 0.3) is 16.6 Å². The van der Waals surface area contributed by atoms with Crippen molar-refractivity contribution in [2.75, 3.05) is 6.61 Å². The smallest absolute Gasteiger partial charge is 0.311 e. The molecule has 2 heterocycles. The van der Waals surface area contributed by atoms with E-state index in [1.54, 1.807) is 13.8 Å². The zero-order chi connectivity index (χ0) is 18.8. The van der Waals surface area contributed by atoms with E-state index in [2.05, 4.69) is 0 Å². The van der Waals surface area contributed by atoms with E-state index < -0.39 is 4.92 Å². The van der Waals surface area contributed by atoms with Crippen LogP contribution in [0.2, 0.25) is 0 Å². The zero-order valence-electron chi connectivity index (χ0n) is 15.0. The lowest BCUT2D eigenvalue weighted by Crippen LogP contribution is -2.01. The molecular weight excluding hydrogens is 332 g/mol. The van der Waals surface area contributed by atoms with Crippen LogP contribution in [-0.2, 0) is 6.42 Å². The van der Waals surface area contributed by atoms with Gasteiger partial charge >= 0.3 is 5.69 Å². The number of carbonyl (C=O) groups is 1. The molecule has 0 saturated heterocycles. The Morgan fingerprint density at radius 3 is 2.58 bits per heavy atom. The third-order valence-electron chi connectivity index (χ3n) is 4.38. The van der Waals surface area contributed by atoms with Crippen LogP contribution in [0.4, 0.5) is 5.69 Å². The minimum absolute atomic E-state index is 0.0943. The molecule has 0 spiro atoms. The number of aldehydes is 1. The summed E-state index contributed by atoms with van der Waals surface area (Å²) in [6.45, 7) is 5.90. The summed E-state index contributed by atoms with van der Waals surface area (Å²) in [6, 6.07) is 9.13. The van der Waals surface area contributed by atoms with Crippen molar-refractivity contribution < 1.29 is 14.5 Å². The van der Waals surface area contributed by atoms with Gasteiger partial charge in [-0.3, -0.25) is 14.9 Å². The number of nitro benzene ring substituents is 1. The van der Waals surface area contributed by atoms with Gasteiger partial charge < -0.3 is 9.14 Å². The third kappa shape index (κ3) is 2.94. The molecule has 0 aliphatic heterocycles. The van der Waals surface area contributed by atoms with Crippen LogP contribution in [0.5, 0.6) is 5.75 Å². The summed E-state index contributed by atoms with van der Waals surface area (Å²) >= 11 is 0. The van der Waals surface area contributed by atoms with Crippen molar-refractivity contribution in [2.24, 2.45) is 0 Å². The van der Waals surface area contributed by atoms with Crippen LogP contribution in [0.15, 0.2) is 36.5 Å². The number of hydrogen-bond acceptors (Lipinski definition) is 4. The Morgan fingerprint density at radius 2 is 1.96 bits per heavy atom. The first-order chi connectivity index (χ1) is 12.5. The highest BCUT2D eigenvalue weighted by atomic mass is 16.6. The lowest BCUT2D eigenvalue weighted by Gasteiger charge is -2.11. The van der Waals surface area contributed by atoms with Crippen LogP contribution >= 0.6 is 0 Å². The summed E-state index contributed by atoms with van der Waals surface area (Å²) in [5.41, 5.74) is 4.23. The quantitative estimate of drug-likeness (QED) is 0.369. The highest BCUT2D eigenvalue weighted by molar-refractivity contribution is 5.92. The number of hydrogen-bond donors (Lipinski definition) is 0. The van der Waals surface area contributed by atoms with Crippen molar-refractivity contribution in [3.8, 4) is 16.9 Å². The van der Waals surface area contributed by atoms with Crippen molar-refractivity contribution in [1.82, 2.24) is 4.40 Å². The fourth-order valence-corrected chi connectivity index (χ4v) is 3.16. The first-order valence-corrected chi connectivity index (χ1v) is 8.51. The Morgan fingerprint density at radius 1 is 1.19 bits per heavy atom. The van der Waals surface area contributed by atoms with Gasteiger partial charge in [-0.1, -0.05) is 13.0 Å². The number of rotatable bonds is 6. The predicted octanol–water partition coefficient (Wildman–Crippen LogP) is 4.60. The molecular formula is C20H20N2O4. The third-order valence-corrected chi connectivity index (χ3v) is 4.38. The number of ether oxygens (including phenoxy) is 1. The number of benzene rings is 1. The van der Waals surface area contributed by atoms with Crippen LogP contribution in [0.1, 0.15) is 35.5 Å². The molecule has 0 aliphatic carbocycles. The standard InChI is InChI=1S/C20H20N2O4/c1-4-14-6-7-15-10-16(19(12-23)21(15)11-14)17-8-13(3)9-18(22(24)25)20(17)26-5-2/h6-12H,4-5H2,1-3H3. The number of aryl methyl sites for hydroxylation is 2. The molecule has 0 unspecified atom stereocenters. The summed E-state index contributed by atoms with van der Waals surface area (Å²) in [5.74, 6) is 0.192. The predicted molar refractivity (Wildman–Crippen MR) is 100 cm³/mol. The maximum absolute atomic E-state index is 11.9. The van der Waals surface area contributed by atoms with E-state index in [9.17, 15) is 14.9 Å².